The number of amides is 1. The molecule has 3 heteroatoms. The zero-order valence-corrected chi connectivity index (χ0v) is 9.25. The fraction of sp³-hybridized carbons (Fsp3) is 0.417. The Balaban J connectivity index is 2.26. The smallest absolute Gasteiger partial charge is 0.243 e. The molecule has 0 aliphatic rings. The van der Waals surface area contributed by atoms with E-state index < -0.39 is 0 Å². The molecule has 0 bridgehead atoms. The van der Waals surface area contributed by atoms with Gasteiger partial charge in [0.15, 0.2) is 0 Å². The van der Waals surface area contributed by atoms with Gasteiger partial charge in [-0.15, -0.1) is 0 Å². The third-order valence-corrected chi connectivity index (χ3v) is 2.21. The van der Waals surface area contributed by atoms with Gasteiger partial charge in [0, 0.05) is 6.42 Å². The number of carbonyl (C=O) groups is 1. The molecule has 1 aromatic carbocycles. The lowest BCUT2D eigenvalue weighted by molar-refractivity contribution is -0.131. The molecular formula is C12H17NO2. The second-order valence-electron chi connectivity index (χ2n) is 3.57. The van der Waals surface area contributed by atoms with Crippen molar-refractivity contribution in [2.24, 2.45) is 0 Å². The summed E-state index contributed by atoms with van der Waals surface area (Å²) in [6.45, 7) is 2.07. The maximum Gasteiger partial charge on any atom is 0.243 e. The van der Waals surface area contributed by atoms with Crippen molar-refractivity contribution < 1.29 is 9.63 Å². The van der Waals surface area contributed by atoms with Gasteiger partial charge in [0.25, 0.3) is 0 Å². The molecule has 0 spiro atoms. The van der Waals surface area contributed by atoms with Gasteiger partial charge in [0.2, 0.25) is 5.91 Å². The minimum atomic E-state index is -0.0652. The van der Waals surface area contributed by atoms with E-state index in [-0.39, 0.29) is 5.91 Å². The van der Waals surface area contributed by atoms with Gasteiger partial charge in [-0.3, -0.25) is 9.63 Å². The molecule has 0 saturated heterocycles. The number of hydrogen-bond donors (Lipinski definition) is 1. The third kappa shape index (κ3) is 4.61. The number of hydroxylamine groups is 1. The SMILES string of the molecule is CONC(=O)CCCc1ccc(C)cc1. The Hall–Kier alpha value is -1.35. The number of carbonyl (C=O) groups excluding carboxylic acids is 1. The summed E-state index contributed by atoms with van der Waals surface area (Å²) >= 11 is 0. The lowest BCUT2D eigenvalue weighted by Gasteiger charge is -2.02. The van der Waals surface area contributed by atoms with Crippen LogP contribution in [0.2, 0.25) is 0 Å². The first-order chi connectivity index (χ1) is 7.22. The van der Waals surface area contributed by atoms with Gasteiger partial charge in [0.05, 0.1) is 7.11 Å². The van der Waals surface area contributed by atoms with Crippen LogP contribution in [-0.4, -0.2) is 13.0 Å². The van der Waals surface area contributed by atoms with E-state index >= 15 is 0 Å². The van der Waals surface area contributed by atoms with Crippen molar-refractivity contribution in [2.75, 3.05) is 7.11 Å². The summed E-state index contributed by atoms with van der Waals surface area (Å²) in [5.74, 6) is -0.0652. The van der Waals surface area contributed by atoms with Crippen molar-refractivity contribution in [3.05, 3.63) is 35.4 Å². The van der Waals surface area contributed by atoms with Crippen molar-refractivity contribution in [1.29, 1.82) is 0 Å². The third-order valence-electron chi connectivity index (χ3n) is 2.21. The van der Waals surface area contributed by atoms with Crippen molar-refractivity contribution in [3.63, 3.8) is 0 Å². The Bertz CT molecular complexity index is 306. The summed E-state index contributed by atoms with van der Waals surface area (Å²) < 4.78 is 0. The first-order valence-corrected chi connectivity index (χ1v) is 5.09. The predicted molar refractivity (Wildman–Crippen MR) is 59.3 cm³/mol. The summed E-state index contributed by atoms with van der Waals surface area (Å²) in [4.78, 5) is 15.6. The van der Waals surface area contributed by atoms with Crippen LogP contribution in [0.1, 0.15) is 24.0 Å². The van der Waals surface area contributed by atoms with Crippen LogP contribution in [0, 0.1) is 6.92 Å². The summed E-state index contributed by atoms with van der Waals surface area (Å²) in [7, 11) is 1.44. The molecule has 1 rings (SSSR count). The number of hydrogen-bond acceptors (Lipinski definition) is 2. The molecule has 15 heavy (non-hydrogen) atoms. The molecule has 1 amide bonds. The lowest BCUT2D eigenvalue weighted by atomic mass is 10.1. The van der Waals surface area contributed by atoms with Gasteiger partial charge >= 0.3 is 0 Å². The van der Waals surface area contributed by atoms with E-state index in [2.05, 4.69) is 41.5 Å². The van der Waals surface area contributed by atoms with Crippen LogP contribution in [0.25, 0.3) is 0 Å². The molecule has 0 aliphatic heterocycles. The Kier molecular flexibility index (Phi) is 4.84. The monoisotopic (exact) mass is 207 g/mol. The average Bonchev–Trinajstić information content (AvgIpc) is 2.21. The maximum atomic E-state index is 11.1. The number of nitrogens with one attached hydrogen (secondary N) is 1. The molecule has 0 atom stereocenters. The van der Waals surface area contributed by atoms with E-state index in [4.69, 9.17) is 0 Å². The normalized spacial score (nSPS) is 10.0. The van der Waals surface area contributed by atoms with Gasteiger partial charge in [-0.25, -0.2) is 5.48 Å². The molecule has 0 radical (unpaired) electrons. The molecule has 0 heterocycles. The number of benzene rings is 1. The standard InChI is InChI=1S/C12H17NO2/c1-10-6-8-11(9-7-10)4-3-5-12(14)13-15-2/h6-9H,3-5H2,1-2H3,(H,13,14). The topological polar surface area (TPSA) is 38.3 Å². The Morgan fingerprint density at radius 1 is 1.33 bits per heavy atom. The van der Waals surface area contributed by atoms with Crippen molar-refractivity contribution >= 4 is 5.91 Å². The largest absolute Gasteiger partial charge is 0.277 e. The Morgan fingerprint density at radius 2 is 2.00 bits per heavy atom. The quantitative estimate of drug-likeness (QED) is 0.750. The minimum absolute atomic E-state index is 0.0652. The molecule has 1 N–H and O–H groups in total. The second kappa shape index (κ2) is 6.19. The first-order valence-electron chi connectivity index (χ1n) is 5.09. The van der Waals surface area contributed by atoms with E-state index in [0.717, 1.165) is 12.8 Å². The molecule has 0 saturated carbocycles. The molecule has 82 valence electrons. The number of rotatable bonds is 5. The average molecular weight is 207 g/mol. The molecule has 0 aliphatic carbocycles. The van der Waals surface area contributed by atoms with Crippen molar-refractivity contribution in [2.45, 2.75) is 26.2 Å². The number of aryl methyl sites for hydroxylation is 2. The zero-order valence-electron chi connectivity index (χ0n) is 9.25. The fourth-order valence-electron chi connectivity index (χ4n) is 1.37. The molecular weight excluding hydrogens is 190 g/mol. The van der Waals surface area contributed by atoms with Crippen LogP contribution in [-0.2, 0) is 16.1 Å². The van der Waals surface area contributed by atoms with Gasteiger partial charge in [0.1, 0.15) is 0 Å². The maximum absolute atomic E-state index is 11.1. The Labute approximate surface area is 90.4 Å². The van der Waals surface area contributed by atoms with E-state index in [1.807, 2.05) is 0 Å². The minimum Gasteiger partial charge on any atom is -0.277 e. The Morgan fingerprint density at radius 3 is 2.60 bits per heavy atom. The van der Waals surface area contributed by atoms with Gasteiger partial charge in [-0.05, 0) is 25.3 Å². The van der Waals surface area contributed by atoms with Crippen molar-refractivity contribution in [1.82, 2.24) is 5.48 Å². The summed E-state index contributed by atoms with van der Waals surface area (Å²) in [6.07, 6.45) is 2.28. The summed E-state index contributed by atoms with van der Waals surface area (Å²) in [6, 6.07) is 8.38. The molecule has 0 unspecified atom stereocenters. The van der Waals surface area contributed by atoms with Crippen LogP contribution in [0.15, 0.2) is 24.3 Å². The van der Waals surface area contributed by atoms with E-state index in [9.17, 15) is 4.79 Å². The van der Waals surface area contributed by atoms with Gasteiger partial charge in [-0.1, -0.05) is 29.8 Å². The van der Waals surface area contributed by atoms with Crippen LogP contribution < -0.4 is 5.48 Å². The van der Waals surface area contributed by atoms with Crippen LogP contribution in [0.3, 0.4) is 0 Å². The zero-order chi connectivity index (χ0) is 11.1. The van der Waals surface area contributed by atoms with Gasteiger partial charge in [-0.2, -0.15) is 0 Å². The highest BCUT2D eigenvalue weighted by molar-refractivity contribution is 5.74. The van der Waals surface area contributed by atoms with E-state index in [1.165, 1.54) is 18.2 Å². The summed E-state index contributed by atoms with van der Waals surface area (Å²) in [5.41, 5.74) is 4.83. The highest BCUT2D eigenvalue weighted by Crippen LogP contribution is 2.06. The molecule has 3 nitrogen and oxygen atoms in total. The van der Waals surface area contributed by atoms with Crippen LogP contribution in [0.4, 0.5) is 0 Å². The van der Waals surface area contributed by atoms with Crippen molar-refractivity contribution in [3.8, 4) is 0 Å². The van der Waals surface area contributed by atoms with Gasteiger partial charge < -0.3 is 0 Å². The molecule has 0 aromatic heterocycles. The highest BCUT2D eigenvalue weighted by atomic mass is 16.6. The van der Waals surface area contributed by atoms with E-state index in [0.29, 0.717) is 6.42 Å². The van der Waals surface area contributed by atoms with Crippen LogP contribution >= 0.6 is 0 Å². The molecule has 0 fully saturated rings. The molecule has 1 aromatic rings. The van der Waals surface area contributed by atoms with Crippen LogP contribution in [0.5, 0.6) is 0 Å². The second-order valence-corrected chi connectivity index (χ2v) is 3.57. The highest BCUT2D eigenvalue weighted by Gasteiger charge is 2.00. The van der Waals surface area contributed by atoms with E-state index in [1.54, 1.807) is 0 Å². The first kappa shape index (κ1) is 11.7. The predicted octanol–water partition coefficient (Wildman–Crippen LogP) is 2.00. The summed E-state index contributed by atoms with van der Waals surface area (Å²) in [5, 5.41) is 0. The fourth-order valence-corrected chi connectivity index (χ4v) is 1.37. The lowest BCUT2D eigenvalue weighted by Crippen LogP contribution is -2.21.